The molecule has 4 nitrogen and oxygen atoms in total. The molecule has 0 saturated heterocycles. The first kappa shape index (κ1) is 13.4. The van der Waals surface area contributed by atoms with Crippen LogP contribution in [-0.4, -0.2) is 14.5 Å². The van der Waals surface area contributed by atoms with Crippen LogP contribution >= 0.6 is 0 Å². The molecule has 7 heteroatoms. The second-order valence-corrected chi connectivity index (χ2v) is 4.66. The average Bonchev–Trinajstić information content (AvgIpc) is 2.82. The lowest BCUT2D eigenvalue weighted by atomic mass is 10.1. The molecule has 2 aromatic heterocycles. The van der Waals surface area contributed by atoms with Crippen molar-refractivity contribution < 1.29 is 13.2 Å². The molecule has 1 aromatic carbocycles. The maximum Gasteiger partial charge on any atom is 0.416 e. The Morgan fingerprint density at radius 2 is 1.86 bits per heavy atom. The molecular formula is C14H11F3N4. The quantitative estimate of drug-likeness (QED) is 0.738. The van der Waals surface area contributed by atoms with Crippen LogP contribution in [0.25, 0.3) is 11.0 Å². The van der Waals surface area contributed by atoms with Crippen LogP contribution in [0.4, 0.5) is 18.9 Å². The van der Waals surface area contributed by atoms with Gasteiger partial charge < -0.3 is 10.3 Å². The SMILES string of the molecule is Nc1cc(C(F)(F)F)cc2ncn(Cc3ccncc3)c12. The highest BCUT2D eigenvalue weighted by molar-refractivity contribution is 5.88. The van der Waals surface area contributed by atoms with Gasteiger partial charge in [-0.2, -0.15) is 13.2 Å². The minimum Gasteiger partial charge on any atom is -0.397 e. The van der Waals surface area contributed by atoms with Gasteiger partial charge in [0.15, 0.2) is 0 Å². The molecule has 0 bridgehead atoms. The molecule has 3 rings (SSSR count). The van der Waals surface area contributed by atoms with Gasteiger partial charge in [-0.15, -0.1) is 0 Å². The first-order valence-corrected chi connectivity index (χ1v) is 6.15. The number of hydrogen-bond donors (Lipinski definition) is 1. The monoisotopic (exact) mass is 292 g/mol. The third-order valence-electron chi connectivity index (χ3n) is 3.17. The molecule has 0 aliphatic rings. The fourth-order valence-corrected chi connectivity index (χ4v) is 2.21. The van der Waals surface area contributed by atoms with Gasteiger partial charge in [-0.25, -0.2) is 4.98 Å². The van der Waals surface area contributed by atoms with Crippen molar-refractivity contribution in [2.24, 2.45) is 0 Å². The maximum atomic E-state index is 12.8. The van der Waals surface area contributed by atoms with Crippen molar-refractivity contribution >= 4 is 16.7 Å². The number of nitrogens with two attached hydrogens (primary N) is 1. The summed E-state index contributed by atoms with van der Waals surface area (Å²) in [5, 5.41) is 0. The first-order chi connectivity index (χ1) is 9.95. The van der Waals surface area contributed by atoms with E-state index in [0.29, 0.717) is 12.1 Å². The van der Waals surface area contributed by atoms with Gasteiger partial charge in [0.1, 0.15) is 0 Å². The number of hydrogen-bond acceptors (Lipinski definition) is 3. The Bertz CT molecular complexity index is 778. The van der Waals surface area contributed by atoms with Gasteiger partial charge in [-0.1, -0.05) is 0 Å². The normalized spacial score (nSPS) is 12.0. The van der Waals surface area contributed by atoms with Crippen molar-refractivity contribution in [3.05, 3.63) is 54.1 Å². The number of alkyl halides is 3. The van der Waals surface area contributed by atoms with E-state index in [4.69, 9.17) is 5.73 Å². The van der Waals surface area contributed by atoms with Crippen molar-refractivity contribution in [2.45, 2.75) is 12.7 Å². The van der Waals surface area contributed by atoms with Crippen LogP contribution in [0.5, 0.6) is 0 Å². The fraction of sp³-hybridized carbons (Fsp3) is 0.143. The zero-order valence-electron chi connectivity index (χ0n) is 10.8. The molecule has 0 unspecified atom stereocenters. The molecule has 2 heterocycles. The molecular weight excluding hydrogens is 281 g/mol. The Morgan fingerprint density at radius 3 is 2.52 bits per heavy atom. The first-order valence-electron chi connectivity index (χ1n) is 6.15. The summed E-state index contributed by atoms with van der Waals surface area (Å²) in [6.07, 6.45) is 0.359. The second kappa shape index (κ2) is 4.76. The number of rotatable bonds is 2. The summed E-state index contributed by atoms with van der Waals surface area (Å²) in [6, 6.07) is 5.60. The predicted molar refractivity (Wildman–Crippen MR) is 72.5 cm³/mol. The van der Waals surface area contributed by atoms with E-state index in [1.54, 1.807) is 17.0 Å². The number of imidazole rings is 1. The minimum atomic E-state index is -4.43. The summed E-state index contributed by atoms with van der Waals surface area (Å²) in [5.41, 5.74) is 6.75. The Labute approximate surface area is 118 Å². The molecule has 0 saturated carbocycles. The molecule has 2 N–H and O–H groups in total. The van der Waals surface area contributed by atoms with E-state index in [1.165, 1.54) is 6.33 Å². The van der Waals surface area contributed by atoms with Gasteiger partial charge in [0.05, 0.1) is 28.6 Å². The van der Waals surface area contributed by atoms with E-state index in [1.807, 2.05) is 12.1 Å². The summed E-state index contributed by atoms with van der Waals surface area (Å²) in [7, 11) is 0. The van der Waals surface area contributed by atoms with Crippen molar-refractivity contribution in [3.8, 4) is 0 Å². The van der Waals surface area contributed by atoms with Crippen LogP contribution in [0.3, 0.4) is 0 Å². The number of nitrogens with zero attached hydrogens (tertiary/aromatic N) is 3. The largest absolute Gasteiger partial charge is 0.416 e. The standard InChI is InChI=1S/C14H11F3N4/c15-14(16,17)10-5-11(18)13-12(6-10)20-8-21(13)7-9-1-3-19-4-2-9/h1-6,8H,7,18H2. The zero-order chi connectivity index (χ0) is 15.0. The number of halogens is 3. The van der Waals surface area contributed by atoms with E-state index in [-0.39, 0.29) is 11.2 Å². The molecule has 0 amide bonds. The molecule has 0 fully saturated rings. The van der Waals surface area contributed by atoms with Crippen molar-refractivity contribution in [1.29, 1.82) is 0 Å². The van der Waals surface area contributed by atoms with Gasteiger partial charge >= 0.3 is 6.18 Å². The summed E-state index contributed by atoms with van der Waals surface area (Å²) >= 11 is 0. The van der Waals surface area contributed by atoms with Gasteiger partial charge in [-0.05, 0) is 29.8 Å². The molecule has 0 atom stereocenters. The zero-order valence-corrected chi connectivity index (χ0v) is 10.8. The molecule has 0 spiro atoms. The molecule has 21 heavy (non-hydrogen) atoms. The lowest BCUT2D eigenvalue weighted by Crippen LogP contribution is -2.07. The topological polar surface area (TPSA) is 56.7 Å². The number of anilines is 1. The highest BCUT2D eigenvalue weighted by atomic mass is 19.4. The van der Waals surface area contributed by atoms with E-state index < -0.39 is 11.7 Å². The van der Waals surface area contributed by atoms with Crippen LogP contribution in [0.15, 0.2) is 43.0 Å². The lowest BCUT2D eigenvalue weighted by Gasteiger charge is -2.10. The van der Waals surface area contributed by atoms with Crippen LogP contribution in [0.1, 0.15) is 11.1 Å². The van der Waals surface area contributed by atoms with E-state index in [9.17, 15) is 13.2 Å². The Morgan fingerprint density at radius 1 is 1.14 bits per heavy atom. The predicted octanol–water partition coefficient (Wildman–Crippen LogP) is 3.08. The third kappa shape index (κ3) is 2.54. The summed E-state index contributed by atoms with van der Waals surface area (Å²) in [6.45, 7) is 0.467. The molecule has 0 aliphatic carbocycles. The van der Waals surface area contributed by atoms with Crippen LogP contribution in [0, 0.1) is 0 Å². The van der Waals surface area contributed by atoms with Gasteiger partial charge in [0, 0.05) is 18.9 Å². The average molecular weight is 292 g/mol. The summed E-state index contributed by atoms with van der Waals surface area (Å²) < 4.78 is 40.0. The molecule has 3 aromatic rings. The highest BCUT2D eigenvalue weighted by Gasteiger charge is 2.31. The van der Waals surface area contributed by atoms with Crippen molar-refractivity contribution in [1.82, 2.24) is 14.5 Å². The van der Waals surface area contributed by atoms with Crippen LogP contribution in [-0.2, 0) is 12.7 Å². The number of benzene rings is 1. The van der Waals surface area contributed by atoms with Gasteiger partial charge in [0.25, 0.3) is 0 Å². The maximum absolute atomic E-state index is 12.8. The Hall–Kier alpha value is -2.57. The summed E-state index contributed by atoms with van der Waals surface area (Å²) in [4.78, 5) is 7.94. The van der Waals surface area contributed by atoms with Crippen LogP contribution in [0.2, 0.25) is 0 Å². The number of fused-ring (bicyclic) bond motifs is 1. The van der Waals surface area contributed by atoms with Crippen molar-refractivity contribution in [2.75, 3.05) is 5.73 Å². The number of pyridine rings is 1. The third-order valence-corrected chi connectivity index (χ3v) is 3.17. The number of aromatic nitrogens is 3. The summed E-state index contributed by atoms with van der Waals surface area (Å²) in [5.74, 6) is 0. The smallest absolute Gasteiger partial charge is 0.397 e. The molecule has 0 aliphatic heterocycles. The van der Waals surface area contributed by atoms with Gasteiger partial charge in [-0.3, -0.25) is 4.98 Å². The second-order valence-electron chi connectivity index (χ2n) is 4.66. The lowest BCUT2D eigenvalue weighted by molar-refractivity contribution is -0.137. The molecule has 0 radical (unpaired) electrons. The van der Waals surface area contributed by atoms with E-state index >= 15 is 0 Å². The van der Waals surface area contributed by atoms with E-state index in [2.05, 4.69) is 9.97 Å². The van der Waals surface area contributed by atoms with Crippen LogP contribution < -0.4 is 5.73 Å². The van der Waals surface area contributed by atoms with Gasteiger partial charge in [0.2, 0.25) is 0 Å². The minimum absolute atomic E-state index is 0.0615. The Kier molecular flexibility index (Phi) is 3.04. The fourth-order valence-electron chi connectivity index (χ4n) is 2.21. The Balaban J connectivity index is 2.07. The van der Waals surface area contributed by atoms with Crippen molar-refractivity contribution in [3.63, 3.8) is 0 Å². The van der Waals surface area contributed by atoms with E-state index in [0.717, 1.165) is 17.7 Å². The number of nitrogen functional groups attached to an aromatic ring is 1. The highest BCUT2D eigenvalue weighted by Crippen LogP contribution is 2.34. The molecule has 108 valence electrons.